The molecule has 2 unspecified atom stereocenters. The second-order valence-corrected chi connectivity index (χ2v) is 6.90. The third kappa shape index (κ3) is 1.38. The van der Waals surface area contributed by atoms with Gasteiger partial charge in [-0.2, -0.15) is 11.3 Å². The molecule has 4 heteroatoms. The van der Waals surface area contributed by atoms with Gasteiger partial charge in [-0.1, -0.05) is 6.07 Å². The second kappa shape index (κ2) is 4.03. The third-order valence-corrected chi connectivity index (χ3v) is 5.84. The molecule has 3 heterocycles. The summed E-state index contributed by atoms with van der Waals surface area (Å²) in [5.74, 6) is 0.269. The van der Waals surface area contributed by atoms with E-state index in [0.717, 1.165) is 17.1 Å². The highest BCUT2D eigenvalue weighted by atomic mass is 32.1. The number of benzene rings is 1. The summed E-state index contributed by atoms with van der Waals surface area (Å²) in [4.78, 5) is 14.0. The van der Waals surface area contributed by atoms with Crippen LogP contribution in [0.3, 0.4) is 0 Å². The normalized spacial score (nSPS) is 20.2. The summed E-state index contributed by atoms with van der Waals surface area (Å²) < 4.78 is 0. The highest BCUT2D eigenvalue weighted by Crippen LogP contribution is 2.54. The lowest BCUT2D eigenvalue weighted by Gasteiger charge is -2.39. The molecule has 2 atom stereocenters. The van der Waals surface area contributed by atoms with Gasteiger partial charge < -0.3 is 0 Å². The molecule has 0 aliphatic heterocycles. The summed E-state index contributed by atoms with van der Waals surface area (Å²) >= 11 is 1.76. The summed E-state index contributed by atoms with van der Waals surface area (Å²) in [6.45, 7) is 0. The van der Waals surface area contributed by atoms with Gasteiger partial charge in [-0.3, -0.25) is 15.0 Å². The number of thiophene rings is 1. The van der Waals surface area contributed by atoms with E-state index in [4.69, 9.17) is 4.98 Å². The predicted octanol–water partition coefficient (Wildman–Crippen LogP) is 4.07. The van der Waals surface area contributed by atoms with Gasteiger partial charge in [0.1, 0.15) is 0 Å². The van der Waals surface area contributed by atoms with Crippen LogP contribution < -0.4 is 0 Å². The molecule has 0 amide bonds. The van der Waals surface area contributed by atoms with Crippen LogP contribution in [0.2, 0.25) is 0 Å². The monoisotopic (exact) mass is 313 g/mol. The van der Waals surface area contributed by atoms with Crippen LogP contribution in [-0.4, -0.2) is 15.0 Å². The number of pyridine rings is 1. The fourth-order valence-electron chi connectivity index (χ4n) is 4.16. The van der Waals surface area contributed by atoms with Crippen LogP contribution in [0.4, 0.5) is 0 Å². The van der Waals surface area contributed by atoms with E-state index < -0.39 is 0 Å². The quantitative estimate of drug-likeness (QED) is 0.424. The molecule has 4 aromatic rings. The summed E-state index contributed by atoms with van der Waals surface area (Å²) in [5, 5.41) is 7.07. The molecule has 3 aliphatic carbocycles. The van der Waals surface area contributed by atoms with Gasteiger partial charge in [0.05, 0.1) is 28.9 Å². The van der Waals surface area contributed by atoms with Gasteiger partial charge in [-0.15, -0.1) is 0 Å². The highest BCUT2D eigenvalue weighted by molar-refractivity contribution is 7.09. The Morgan fingerprint density at radius 1 is 0.696 bits per heavy atom. The van der Waals surface area contributed by atoms with Crippen LogP contribution in [0.1, 0.15) is 45.6 Å². The lowest BCUT2D eigenvalue weighted by Crippen LogP contribution is -2.30. The minimum atomic E-state index is 0.110. The molecule has 0 N–H and O–H groups in total. The molecule has 23 heavy (non-hydrogen) atoms. The second-order valence-electron chi connectivity index (χ2n) is 6.15. The van der Waals surface area contributed by atoms with Crippen LogP contribution >= 0.6 is 11.3 Å². The lowest BCUT2D eigenvalue weighted by atomic mass is 9.65. The van der Waals surface area contributed by atoms with E-state index in [-0.39, 0.29) is 11.8 Å². The van der Waals surface area contributed by atoms with Gasteiger partial charge in [0.25, 0.3) is 0 Å². The maximum Gasteiger partial charge on any atom is 0.0763 e. The van der Waals surface area contributed by atoms with Crippen molar-refractivity contribution in [2.75, 3.05) is 0 Å². The summed E-state index contributed by atoms with van der Waals surface area (Å²) in [5.41, 5.74) is 7.32. The zero-order chi connectivity index (χ0) is 15.0. The Balaban J connectivity index is 1.78. The van der Waals surface area contributed by atoms with Crippen molar-refractivity contribution in [3.63, 3.8) is 0 Å². The average Bonchev–Trinajstić information content (AvgIpc) is 3.06. The molecule has 3 nitrogen and oxygen atoms in total. The van der Waals surface area contributed by atoms with Crippen molar-refractivity contribution in [3.05, 3.63) is 87.4 Å². The van der Waals surface area contributed by atoms with E-state index in [1.165, 1.54) is 27.5 Å². The molecule has 0 saturated carbocycles. The minimum absolute atomic E-state index is 0.110. The summed E-state index contributed by atoms with van der Waals surface area (Å²) in [7, 11) is 0. The Morgan fingerprint density at radius 2 is 1.35 bits per heavy atom. The largest absolute Gasteiger partial charge is 0.260 e. The van der Waals surface area contributed by atoms with Crippen molar-refractivity contribution < 1.29 is 0 Å². The summed E-state index contributed by atoms with van der Waals surface area (Å²) in [6.07, 6.45) is 5.49. The van der Waals surface area contributed by atoms with E-state index in [9.17, 15) is 0 Å². The highest BCUT2D eigenvalue weighted by Gasteiger charge is 2.44. The lowest BCUT2D eigenvalue weighted by molar-refractivity contribution is 0.681. The number of rotatable bonds is 0. The fourth-order valence-corrected chi connectivity index (χ4v) is 4.93. The molecule has 3 aliphatic rings. The first-order chi connectivity index (χ1) is 11.4. The number of hydrogen-bond donors (Lipinski definition) is 0. The number of nitrogens with zero attached hydrogens (tertiary/aromatic N) is 3. The zero-order valence-corrected chi connectivity index (χ0v) is 12.9. The Morgan fingerprint density at radius 3 is 2.13 bits per heavy atom. The molecule has 0 spiro atoms. The molecule has 0 saturated heterocycles. The van der Waals surface area contributed by atoms with Crippen LogP contribution in [-0.2, 0) is 0 Å². The fraction of sp³-hybridized carbons (Fsp3) is 0.105. The molecule has 2 bridgehead atoms. The Bertz CT molecular complexity index is 967. The van der Waals surface area contributed by atoms with Gasteiger partial charge in [0.15, 0.2) is 0 Å². The predicted molar refractivity (Wildman–Crippen MR) is 90.0 cm³/mol. The number of fused-ring (bicyclic) bond motifs is 1. The van der Waals surface area contributed by atoms with E-state index in [0.29, 0.717) is 0 Å². The maximum atomic E-state index is 4.70. The van der Waals surface area contributed by atoms with Crippen molar-refractivity contribution in [1.82, 2.24) is 15.0 Å². The van der Waals surface area contributed by atoms with E-state index in [1.54, 1.807) is 23.7 Å². The van der Waals surface area contributed by atoms with Crippen LogP contribution in [0.25, 0.3) is 10.8 Å². The molecule has 3 aromatic heterocycles. The molecular weight excluding hydrogens is 302 g/mol. The van der Waals surface area contributed by atoms with Crippen molar-refractivity contribution in [1.29, 1.82) is 0 Å². The van der Waals surface area contributed by atoms with E-state index >= 15 is 0 Å². The molecule has 0 fully saturated rings. The van der Waals surface area contributed by atoms with Crippen molar-refractivity contribution in [2.45, 2.75) is 11.8 Å². The molecule has 108 valence electrons. The maximum absolute atomic E-state index is 4.70. The first kappa shape index (κ1) is 11.9. The van der Waals surface area contributed by atoms with E-state index in [1.807, 2.05) is 12.3 Å². The molecule has 0 radical (unpaired) electrons. The van der Waals surface area contributed by atoms with Gasteiger partial charge in [0.2, 0.25) is 0 Å². The number of hydrogen-bond acceptors (Lipinski definition) is 4. The topological polar surface area (TPSA) is 38.7 Å². The zero-order valence-electron chi connectivity index (χ0n) is 12.1. The van der Waals surface area contributed by atoms with Gasteiger partial charge in [0, 0.05) is 18.6 Å². The van der Waals surface area contributed by atoms with Gasteiger partial charge in [-0.05, 0) is 56.4 Å². The summed E-state index contributed by atoms with van der Waals surface area (Å²) in [6, 6.07) is 8.89. The smallest absolute Gasteiger partial charge is 0.0763 e. The van der Waals surface area contributed by atoms with Crippen molar-refractivity contribution in [2.24, 2.45) is 0 Å². The van der Waals surface area contributed by atoms with Crippen LogP contribution in [0.5, 0.6) is 0 Å². The minimum Gasteiger partial charge on any atom is -0.260 e. The average molecular weight is 313 g/mol. The van der Waals surface area contributed by atoms with E-state index in [2.05, 4.69) is 38.9 Å². The molecule has 7 rings (SSSR count). The standard InChI is InChI=1S/C19H11N3S/c1-2-12-15-13-6-10-8-23-9-11(10)7-14(13)16(17(12)20-3-1)19-18(15)21-4-5-22-19/h1-9,15-16H. The number of aromatic nitrogens is 3. The first-order valence-electron chi connectivity index (χ1n) is 7.67. The molecule has 1 aromatic carbocycles. The Labute approximate surface area is 136 Å². The van der Waals surface area contributed by atoms with Crippen LogP contribution in [0.15, 0.2) is 53.6 Å². The molecular formula is C19H11N3S. The van der Waals surface area contributed by atoms with Crippen LogP contribution in [0, 0.1) is 0 Å². The third-order valence-electron chi connectivity index (χ3n) is 5.06. The first-order valence-corrected chi connectivity index (χ1v) is 8.61. The van der Waals surface area contributed by atoms with Gasteiger partial charge in [-0.25, -0.2) is 0 Å². The van der Waals surface area contributed by atoms with Gasteiger partial charge >= 0.3 is 0 Å². The van der Waals surface area contributed by atoms with Crippen molar-refractivity contribution >= 4 is 22.1 Å². The Kier molecular flexibility index (Phi) is 2.09. The van der Waals surface area contributed by atoms with Crippen molar-refractivity contribution in [3.8, 4) is 0 Å². The SMILES string of the molecule is c1cnc2c(c1)C1c3cc4cscc4cc3C2c2nccnc21. The Hall–Kier alpha value is -2.59.